The molecule has 0 saturated heterocycles. The molecule has 1 heterocycles. The Balaban J connectivity index is 2.94. The van der Waals surface area contributed by atoms with Gasteiger partial charge in [-0.15, -0.1) is 0 Å². The lowest BCUT2D eigenvalue weighted by molar-refractivity contribution is 0.0526. The van der Waals surface area contributed by atoms with Gasteiger partial charge in [-0.05, 0) is 32.0 Å². The molecule has 0 aliphatic carbocycles. The predicted octanol–water partition coefficient (Wildman–Crippen LogP) is 1.94. The molecule has 0 unspecified atom stereocenters. The number of ether oxygens (including phenoxy) is 1. The zero-order valence-corrected chi connectivity index (χ0v) is 11.4. The number of carbonyl (C=O) groups is 1. The molecule has 0 atom stereocenters. The van der Waals surface area contributed by atoms with E-state index in [4.69, 9.17) is 4.74 Å². The molecule has 0 fully saturated rings. The lowest BCUT2D eigenvalue weighted by Gasteiger charge is -2.19. The topological polar surface area (TPSA) is 51.5 Å². The van der Waals surface area contributed by atoms with Gasteiger partial charge in [-0.1, -0.05) is 13.1 Å². The van der Waals surface area contributed by atoms with E-state index < -0.39 is 20.5 Å². The molecule has 1 aromatic rings. The van der Waals surface area contributed by atoms with E-state index in [-0.39, 0.29) is 5.88 Å². The molecule has 0 saturated carbocycles. The molecule has 89 valence electrons. The zero-order chi connectivity index (χ0) is 12.5. The Labute approximate surface area is 97.5 Å². The molecule has 16 heavy (non-hydrogen) atoms. The van der Waals surface area contributed by atoms with Crippen LogP contribution < -0.4 is 5.19 Å². The molecule has 1 N–H and O–H groups in total. The number of hydrogen-bond donors (Lipinski definition) is 1. The third kappa shape index (κ3) is 2.88. The third-order valence-corrected chi connectivity index (χ3v) is 3.46. The van der Waals surface area contributed by atoms with Crippen molar-refractivity contribution >= 4 is 20.1 Å². The molecular formula is C11H18NO3Si. The first-order valence-electron chi connectivity index (χ1n) is 5.16. The van der Waals surface area contributed by atoms with Crippen molar-refractivity contribution in [2.45, 2.75) is 39.5 Å². The first-order chi connectivity index (χ1) is 7.22. The fraction of sp³-hybridized carbons (Fsp3) is 0.545. The van der Waals surface area contributed by atoms with Gasteiger partial charge < -0.3 is 9.84 Å². The van der Waals surface area contributed by atoms with Crippen molar-refractivity contribution in [2.24, 2.45) is 0 Å². The van der Waals surface area contributed by atoms with Gasteiger partial charge in [0.1, 0.15) is 5.60 Å². The first kappa shape index (κ1) is 12.8. The van der Waals surface area contributed by atoms with E-state index in [9.17, 15) is 9.90 Å². The standard InChI is InChI=1S/C11H18NO3Si/c1-11(2,3)15-10(14)12-7-6-8(9(12)13)16(4)5/h6-7,13H,1-5H3. The maximum atomic E-state index is 11.7. The quantitative estimate of drug-likeness (QED) is 0.763. The van der Waals surface area contributed by atoms with Crippen LogP contribution in [0.25, 0.3) is 0 Å². The Kier molecular flexibility index (Phi) is 3.47. The van der Waals surface area contributed by atoms with Gasteiger partial charge in [0.25, 0.3) is 0 Å². The molecular weight excluding hydrogens is 222 g/mol. The van der Waals surface area contributed by atoms with E-state index in [0.29, 0.717) is 0 Å². The average molecular weight is 240 g/mol. The van der Waals surface area contributed by atoms with Crippen molar-refractivity contribution in [3.63, 3.8) is 0 Å². The predicted molar refractivity (Wildman–Crippen MR) is 64.8 cm³/mol. The van der Waals surface area contributed by atoms with Gasteiger partial charge in [-0.2, -0.15) is 0 Å². The minimum Gasteiger partial charge on any atom is -0.494 e. The molecule has 5 heteroatoms. The Morgan fingerprint density at radius 3 is 2.38 bits per heavy atom. The minimum atomic E-state index is -0.776. The van der Waals surface area contributed by atoms with Crippen LogP contribution in [0.4, 0.5) is 4.79 Å². The Morgan fingerprint density at radius 1 is 1.44 bits per heavy atom. The maximum absolute atomic E-state index is 11.7. The summed E-state index contributed by atoms with van der Waals surface area (Å²) in [6.45, 7) is 9.49. The minimum absolute atomic E-state index is 0.00754. The normalized spacial score (nSPS) is 11.9. The van der Waals surface area contributed by atoms with Crippen molar-refractivity contribution in [1.82, 2.24) is 4.57 Å². The Bertz CT molecular complexity index is 390. The number of aromatic nitrogens is 1. The zero-order valence-electron chi connectivity index (χ0n) is 10.4. The van der Waals surface area contributed by atoms with Crippen LogP contribution in [0.2, 0.25) is 13.1 Å². The smallest absolute Gasteiger partial charge is 0.421 e. The number of hydrogen-bond acceptors (Lipinski definition) is 3. The summed E-state index contributed by atoms with van der Waals surface area (Å²) < 4.78 is 6.32. The fourth-order valence-corrected chi connectivity index (χ4v) is 2.25. The van der Waals surface area contributed by atoms with E-state index in [2.05, 4.69) is 13.1 Å². The van der Waals surface area contributed by atoms with Crippen molar-refractivity contribution in [3.05, 3.63) is 12.3 Å². The largest absolute Gasteiger partial charge is 0.494 e. The first-order valence-corrected chi connectivity index (χ1v) is 7.66. The number of nitrogens with zero attached hydrogens (tertiary/aromatic N) is 1. The number of aromatic hydroxyl groups is 1. The summed E-state index contributed by atoms with van der Waals surface area (Å²) in [6, 6.07) is 1.77. The van der Waals surface area contributed by atoms with Gasteiger partial charge in [-0.3, -0.25) is 0 Å². The highest BCUT2D eigenvalue weighted by atomic mass is 28.3. The van der Waals surface area contributed by atoms with E-state index in [1.165, 1.54) is 0 Å². The third-order valence-electron chi connectivity index (χ3n) is 1.99. The average Bonchev–Trinajstić information content (AvgIpc) is 2.43. The van der Waals surface area contributed by atoms with Gasteiger partial charge in [0.05, 0.1) is 8.80 Å². The fourth-order valence-electron chi connectivity index (χ4n) is 1.27. The highest BCUT2D eigenvalue weighted by Crippen LogP contribution is 2.14. The summed E-state index contributed by atoms with van der Waals surface area (Å²) in [5.74, 6) is 0.00754. The van der Waals surface area contributed by atoms with E-state index in [1.807, 2.05) is 0 Å². The highest BCUT2D eigenvalue weighted by molar-refractivity contribution is 6.71. The molecule has 0 aliphatic rings. The number of rotatable bonds is 1. The second-order valence-electron chi connectivity index (χ2n) is 4.90. The van der Waals surface area contributed by atoms with Crippen LogP contribution in [0.3, 0.4) is 0 Å². The molecule has 0 spiro atoms. The van der Waals surface area contributed by atoms with Gasteiger partial charge >= 0.3 is 6.09 Å². The molecule has 0 amide bonds. The molecule has 1 radical (unpaired) electrons. The van der Waals surface area contributed by atoms with Gasteiger partial charge in [-0.25, -0.2) is 9.36 Å². The number of carbonyl (C=O) groups excluding carboxylic acids is 1. The van der Waals surface area contributed by atoms with Crippen LogP contribution in [-0.2, 0) is 4.74 Å². The van der Waals surface area contributed by atoms with E-state index in [0.717, 1.165) is 9.75 Å². The Hall–Kier alpha value is -1.23. The second kappa shape index (κ2) is 4.33. The molecule has 1 rings (SSSR count). The highest BCUT2D eigenvalue weighted by Gasteiger charge is 2.21. The summed E-state index contributed by atoms with van der Waals surface area (Å²) >= 11 is 0. The molecule has 0 bridgehead atoms. The van der Waals surface area contributed by atoms with E-state index in [1.54, 1.807) is 33.0 Å². The van der Waals surface area contributed by atoms with Crippen molar-refractivity contribution in [2.75, 3.05) is 0 Å². The van der Waals surface area contributed by atoms with Crippen molar-refractivity contribution < 1.29 is 14.6 Å². The monoisotopic (exact) mass is 240 g/mol. The lowest BCUT2D eigenvalue weighted by Crippen LogP contribution is -2.28. The lowest BCUT2D eigenvalue weighted by atomic mass is 10.2. The van der Waals surface area contributed by atoms with Gasteiger partial charge in [0, 0.05) is 6.20 Å². The summed E-state index contributed by atoms with van der Waals surface area (Å²) in [5, 5.41) is 10.7. The summed E-state index contributed by atoms with van der Waals surface area (Å²) in [5.41, 5.74) is -0.555. The van der Waals surface area contributed by atoms with Crippen LogP contribution in [-0.4, -0.2) is 30.2 Å². The molecule has 1 aromatic heterocycles. The van der Waals surface area contributed by atoms with Crippen molar-refractivity contribution in [1.29, 1.82) is 0 Å². The second-order valence-corrected chi connectivity index (χ2v) is 7.44. The molecule has 4 nitrogen and oxygen atoms in total. The van der Waals surface area contributed by atoms with E-state index >= 15 is 0 Å². The summed E-state index contributed by atoms with van der Waals surface area (Å²) in [4.78, 5) is 11.7. The maximum Gasteiger partial charge on any atom is 0.421 e. The van der Waals surface area contributed by atoms with Gasteiger partial charge in [0.2, 0.25) is 0 Å². The van der Waals surface area contributed by atoms with Crippen LogP contribution in [0, 0.1) is 0 Å². The Morgan fingerprint density at radius 2 is 2.00 bits per heavy atom. The summed E-state index contributed by atoms with van der Waals surface area (Å²) in [7, 11) is -0.776. The van der Waals surface area contributed by atoms with Gasteiger partial charge in [0.15, 0.2) is 5.88 Å². The van der Waals surface area contributed by atoms with Crippen LogP contribution >= 0.6 is 0 Å². The van der Waals surface area contributed by atoms with Crippen LogP contribution in [0.5, 0.6) is 5.88 Å². The van der Waals surface area contributed by atoms with Crippen LogP contribution in [0.1, 0.15) is 20.8 Å². The molecule has 0 aromatic carbocycles. The van der Waals surface area contributed by atoms with Crippen molar-refractivity contribution in [3.8, 4) is 5.88 Å². The molecule has 0 aliphatic heterocycles. The SMILES string of the molecule is C[Si](C)c1ccn(C(=O)OC(C)(C)C)c1O. The summed E-state index contributed by atoms with van der Waals surface area (Å²) in [6.07, 6.45) is 1.01. The van der Waals surface area contributed by atoms with Crippen LogP contribution in [0.15, 0.2) is 12.3 Å².